The minimum atomic E-state index is -2.74. The first-order valence-corrected chi connectivity index (χ1v) is 13.5. The van der Waals surface area contributed by atoms with Crippen molar-refractivity contribution in [3.05, 3.63) is 64.7 Å². The highest BCUT2D eigenvalue weighted by molar-refractivity contribution is 6.32. The van der Waals surface area contributed by atoms with E-state index in [2.05, 4.69) is 42.2 Å². The Morgan fingerprint density at radius 1 is 0.975 bits per heavy atom. The molecule has 220 valence electrons. The molecule has 0 radical (unpaired) electrons. The molecular formula is C29H38ClNO9. The fourth-order valence-electron chi connectivity index (χ4n) is 4.65. The predicted molar refractivity (Wildman–Crippen MR) is 148 cm³/mol. The third-order valence-corrected chi connectivity index (χ3v) is 7.34. The number of hydrogen-bond acceptors (Lipinski definition) is 7. The van der Waals surface area contributed by atoms with E-state index in [1.54, 1.807) is 12.1 Å². The molecule has 1 fully saturated rings. The van der Waals surface area contributed by atoms with Crippen molar-refractivity contribution in [2.45, 2.75) is 57.6 Å². The summed E-state index contributed by atoms with van der Waals surface area (Å²) < 4.78 is 5.88. The molecule has 0 spiro atoms. The average molecular weight is 580 g/mol. The van der Waals surface area contributed by atoms with Gasteiger partial charge in [0.2, 0.25) is 0 Å². The second-order valence-corrected chi connectivity index (χ2v) is 10.6. The Morgan fingerprint density at radius 2 is 1.57 bits per heavy atom. The molecule has 0 aliphatic carbocycles. The van der Waals surface area contributed by atoms with E-state index in [1.807, 2.05) is 6.07 Å². The molecule has 1 saturated heterocycles. The van der Waals surface area contributed by atoms with Crippen molar-refractivity contribution < 1.29 is 44.7 Å². The molecule has 0 unspecified atom stereocenters. The molecule has 0 saturated carbocycles. The van der Waals surface area contributed by atoms with Gasteiger partial charge >= 0.3 is 17.9 Å². The first-order valence-electron chi connectivity index (χ1n) is 13.1. The fourth-order valence-corrected chi connectivity index (χ4v) is 4.77. The Morgan fingerprint density at radius 3 is 2.08 bits per heavy atom. The van der Waals surface area contributed by atoms with Crippen molar-refractivity contribution in [2.75, 3.05) is 26.3 Å². The first kappa shape index (κ1) is 33.0. The molecule has 0 atom stereocenters. The molecule has 5 N–H and O–H groups in total. The van der Waals surface area contributed by atoms with Gasteiger partial charge < -0.3 is 30.3 Å². The van der Waals surface area contributed by atoms with Crippen molar-refractivity contribution in [1.29, 1.82) is 0 Å². The van der Waals surface area contributed by atoms with Crippen molar-refractivity contribution >= 4 is 29.5 Å². The summed E-state index contributed by atoms with van der Waals surface area (Å²) in [6.45, 7) is 6.68. The summed E-state index contributed by atoms with van der Waals surface area (Å²) in [7, 11) is 0. The van der Waals surface area contributed by atoms with E-state index in [4.69, 9.17) is 36.8 Å². The number of aliphatic carboxylic acids is 3. The van der Waals surface area contributed by atoms with E-state index in [0.717, 1.165) is 57.7 Å². The zero-order valence-corrected chi connectivity index (χ0v) is 23.3. The number of aryl methyl sites for hydroxylation is 1. The number of ether oxygens (including phenoxy) is 1. The van der Waals surface area contributed by atoms with Crippen molar-refractivity contribution in [2.24, 2.45) is 5.41 Å². The zero-order valence-electron chi connectivity index (χ0n) is 22.6. The summed E-state index contributed by atoms with van der Waals surface area (Å²) in [5.41, 5.74) is 0.0493. The number of carbonyl (C=O) groups is 3. The summed E-state index contributed by atoms with van der Waals surface area (Å²) in [5, 5.41) is 44.0. The van der Waals surface area contributed by atoms with Gasteiger partial charge in [0, 0.05) is 13.2 Å². The maximum atomic E-state index is 10.3. The molecule has 2 aromatic carbocycles. The van der Waals surface area contributed by atoms with Crippen LogP contribution in [0.3, 0.4) is 0 Å². The van der Waals surface area contributed by atoms with Crippen LogP contribution in [0.1, 0.15) is 50.2 Å². The molecule has 2 aromatic rings. The Labute approximate surface area is 238 Å². The molecule has 10 nitrogen and oxygen atoms in total. The molecule has 40 heavy (non-hydrogen) atoms. The van der Waals surface area contributed by atoms with Gasteiger partial charge in [-0.1, -0.05) is 48.0 Å². The van der Waals surface area contributed by atoms with Crippen LogP contribution in [0, 0.1) is 5.41 Å². The van der Waals surface area contributed by atoms with Crippen LogP contribution < -0.4 is 0 Å². The summed E-state index contributed by atoms with van der Waals surface area (Å²) in [6, 6.07) is 16.3. The maximum absolute atomic E-state index is 10.3. The molecule has 3 rings (SSSR count). The zero-order chi connectivity index (χ0) is 29.8. The van der Waals surface area contributed by atoms with Crippen LogP contribution >= 0.6 is 11.6 Å². The highest BCUT2D eigenvalue weighted by Crippen LogP contribution is 2.37. The van der Waals surface area contributed by atoms with Gasteiger partial charge in [-0.05, 0) is 74.4 Å². The third-order valence-electron chi connectivity index (χ3n) is 7.02. The van der Waals surface area contributed by atoms with Crippen molar-refractivity contribution in [1.82, 2.24) is 4.90 Å². The standard InChI is InChI=1S/C23H30ClNO2.C6H8O7/c1-2-27-18-23(11-10-19-6-4-3-5-7-19)12-14-25(15-13-23)17-20-8-9-21(24)22(26)16-20;7-3(8)1-6(13,5(11)12)2-4(9)10/h3-9,16,26H,2,10-15,17-18H2,1H3;13H,1-2H2,(H,7,8)(H,9,10)(H,11,12). The number of carboxylic acids is 3. The Bertz CT molecular complexity index is 1100. The lowest BCUT2D eigenvalue weighted by Gasteiger charge is -2.42. The number of piperidine rings is 1. The number of phenolic OH excluding ortho intramolecular Hbond substituents is 1. The van der Waals surface area contributed by atoms with E-state index >= 15 is 0 Å². The molecule has 0 amide bonds. The van der Waals surface area contributed by atoms with Gasteiger partial charge in [-0.2, -0.15) is 0 Å². The second kappa shape index (κ2) is 15.6. The summed E-state index contributed by atoms with van der Waals surface area (Å²) >= 11 is 5.92. The SMILES string of the molecule is CCOCC1(CCc2ccccc2)CCN(Cc2ccc(Cl)c(O)c2)CC1.O=C(O)CC(O)(CC(=O)O)C(=O)O. The first-order chi connectivity index (χ1) is 18.9. The monoisotopic (exact) mass is 579 g/mol. The van der Waals surface area contributed by atoms with Gasteiger partial charge in [-0.25, -0.2) is 4.79 Å². The van der Waals surface area contributed by atoms with E-state index in [9.17, 15) is 19.5 Å². The van der Waals surface area contributed by atoms with Crippen molar-refractivity contribution in [3.63, 3.8) is 0 Å². The number of phenols is 1. The van der Waals surface area contributed by atoms with Gasteiger partial charge in [0.15, 0.2) is 5.60 Å². The van der Waals surface area contributed by atoms with Crippen LogP contribution in [0.15, 0.2) is 48.5 Å². The average Bonchev–Trinajstić information content (AvgIpc) is 2.90. The molecule has 11 heteroatoms. The van der Waals surface area contributed by atoms with E-state index < -0.39 is 36.4 Å². The van der Waals surface area contributed by atoms with Crippen LogP contribution in [0.2, 0.25) is 5.02 Å². The highest BCUT2D eigenvalue weighted by atomic mass is 35.5. The number of rotatable bonds is 13. The quantitative estimate of drug-likeness (QED) is 0.234. The topological polar surface area (TPSA) is 165 Å². The van der Waals surface area contributed by atoms with Gasteiger partial charge in [0.05, 0.1) is 24.5 Å². The van der Waals surface area contributed by atoms with Crippen LogP contribution in [-0.4, -0.2) is 80.2 Å². The Kier molecular flexibility index (Phi) is 12.9. The lowest BCUT2D eigenvalue weighted by molar-refractivity contribution is -0.170. The van der Waals surface area contributed by atoms with Crippen LogP contribution in [0.4, 0.5) is 0 Å². The number of aromatic hydroxyl groups is 1. The lowest BCUT2D eigenvalue weighted by Crippen LogP contribution is -2.42. The molecule has 0 aromatic heterocycles. The Hall–Kier alpha value is -3.18. The number of likely N-dealkylation sites (tertiary alicyclic amines) is 1. The molecule has 1 aliphatic rings. The summed E-state index contributed by atoms with van der Waals surface area (Å²) in [5.74, 6) is -4.85. The number of carboxylic acid groups (broad SMARTS) is 3. The molecule has 0 bridgehead atoms. The van der Waals surface area contributed by atoms with E-state index in [-0.39, 0.29) is 11.2 Å². The Balaban J connectivity index is 0.000000366. The van der Waals surface area contributed by atoms with Gasteiger partial charge in [-0.3, -0.25) is 14.5 Å². The third kappa shape index (κ3) is 10.8. The second-order valence-electron chi connectivity index (χ2n) is 10.2. The number of aliphatic hydroxyl groups is 1. The van der Waals surface area contributed by atoms with Gasteiger partial charge in [0.25, 0.3) is 0 Å². The van der Waals surface area contributed by atoms with Crippen LogP contribution in [0.25, 0.3) is 0 Å². The minimum Gasteiger partial charge on any atom is -0.506 e. The molecular weight excluding hydrogens is 542 g/mol. The molecule has 1 heterocycles. The lowest BCUT2D eigenvalue weighted by atomic mass is 9.74. The summed E-state index contributed by atoms with van der Waals surface area (Å²) in [4.78, 5) is 33.0. The highest BCUT2D eigenvalue weighted by Gasteiger charge is 2.40. The normalized spacial score (nSPS) is 15.1. The molecule has 1 aliphatic heterocycles. The number of benzene rings is 2. The smallest absolute Gasteiger partial charge is 0.336 e. The van der Waals surface area contributed by atoms with Crippen LogP contribution in [0.5, 0.6) is 5.75 Å². The number of hydrogen-bond donors (Lipinski definition) is 5. The van der Waals surface area contributed by atoms with Crippen molar-refractivity contribution in [3.8, 4) is 5.75 Å². The maximum Gasteiger partial charge on any atom is 0.336 e. The predicted octanol–water partition coefficient (Wildman–Crippen LogP) is 4.05. The fraction of sp³-hybridized carbons (Fsp3) is 0.483. The van der Waals surface area contributed by atoms with E-state index in [1.165, 1.54) is 12.0 Å². The van der Waals surface area contributed by atoms with Gasteiger partial charge in [-0.15, -0.1) is 0 Å². The van der Waals surface area contributed by atoms with Gasteiger partial charge in [0.1, 0.15) is 5.75 Å². The van der Waals surface area contributed by atoms with E-state index in [0.29, 0.717) is 5.02 Å². The summed E-state index contributed by atoms with van der Waals surface area (Å²) in [6.07, 6.45) is 2.30. The van der Waals surface area contributed by atoms with Crippen LogP contribution in [-0.2, 0) is 32.1 Å². The number of halogens is 1. The minimum absolute atomic E-state index is 0.166. The number of nitrogens with zero attached hydrogens (tertiary/aromatic N) is 1. The largest absolute Gasteiger partial charge is 0.506 e.